The summed E-state index contributed by atoms with van der Waals surface area (Å²) in [6.07, 6.45) is -0.184. The van der Waals surface area contributed by atoms with Crippen molar-refractivity contribution in [3.8, 4) is 0 Å². The zero-order valence-electron chi connectivity index (χ0n) is 9.34. The maximum atomic E-state index is 10.1. The van der Waals surface area contributed by atoms with Gasteiger partial charge in [-0.2, -0.15) is 0 Å². The van der Waals surface area contributed by atoms with Gasteiger partial charge < -0.3 is 9.52 Å². The Labute approximate surface area is 116 Å². The van der Waals surface area contributed by atoms with Crippen molar-refractivity contribution in [3.63, 3.8) is 0 Å². The van der Waals surface area contributed by atoms with E-state index in [0.717, 1.165) is 19.8 Å². The van der Waals surface area contributed by atoms with Crippen LogP contribution in [0.4, 0.5) is 0 Å². The molecule has 0 saturated carbocycles. The molecule has 5 heteroatoms. The second kappa shape index (κ2) is 4.84. The molecule has 1 atom stereocenters. The Hall–Kier alpha value is -1.17. The second-order valence-electron chi connectivity index (χ2n) is 3.94. The summed E-state index contributed by atoms with van der Waals surface area (Å²) < 4.78 is 6.60. The Morgan fingerprint density at radius 3 is 2.83 bits per heavy atom. The molecule has 3 rings (SSSR count). The SMILES string of the molecule is OC(Cc1nc2ccccc2o1)c1ccc(Br)s1. The summed E-state index contributed by atoms with van der Waals surface area (Å²) in [6, 6.07) is 11.4. The molecule has 0 radical (unpaired) electrons. The number of thiophene rings is 1. The van der Waals surface area contributed by atoms with Gasteiger partial charge in [-0.25, -0.2) is 4.98 Å². The molecule has 0 spiro atoms. The molecule has 92 valence electrons. The number of rotatable bonds is 3. The highest BCUT2D eigenvalue weighted by Crippen LogP contribution is 2.29. The second-order valence-corrected chi connectivity index (χ2v) is 6.43. The lowest BCUT2D eigenvalue weighted by atomic mass is 10.2. The monoisotopic (exact) mass is 323 g/mol. The number of hydrogen-bond donors (Lipinski definition) is 1. The third kappa shape index (κ3) is 2.34. The first-order chi connectivity index (χ1) is 8.72. The molecule has 1 N–H and O–H groups in total. The van der Waals surface area contributed by atoms with Crippen LogP contribution in [-0.2, 0) is 6.42 Å². The first-order valence-electron chi connectivity index (χ1n) is 5.50. The molecular formula is C13H10BrNO2S. The number of benzene rings is 1. The van der Waals surface area contributed by atoms with Gasteiger partial charge in [0.25, 0.3) is 0 Å². The van der Waals surface area contributed by atoms with Gasteiger partial charge >= 0.3 is 0 Å². The maximum absolute atomic E-state index is 10.1. The average Bonchev–Trinajstić information content (AvgIpc) is 2.94. The van der Waals surface area contributed by atoms with Crippen LogP contribution in [0, 0.1) is 0 Å². The number of fused-ring (bicyclic) bond motifs is 1. The molecule has 3 aromatic rings. The van der Waals surface area contributed by atoms with Gasteiger partial charge in [-0.3, -0.25) is 0 Å². The fourth-order valence-electron chi connectivity index (χ4n) is 1.78. The molecule has 18 heavy (non-hydrogen) atoms. The zero-order chi connectivity index (χ0) is 12.5. The molecule has 0 fully saturated rings. The Morgan fingerprint density at radius 2 is 2.11 bits per heavy atom. The first-order valence-corrected chi connectivity index (χ1v) is 7.11. The lowest BCUT2D eigenvalue weighted by Crippen LogP contribution is -1.99. The Balaban J connectivity index is 1.83. The number of aliphatic hydroxyl groups is 1. The smallest absolute Gasteiger partial charge is 0.198 e. The van der Waals surface area contributed by atoms with Crippen molar-refractivity contribution in [2.45, 2.75) is 12.5 Å². The molecule has 0 aliphatic rings. The fourth-order valence-corrected chi connectivity index (χ4v) is 3.19. The summed E-state index contributed by atoms with van der Waals surface area (Å²) in [5.41, 5.74) is 1.58. The largest absolute Gasteiger partial charge is 0.441 e. The van der Waals surface area contributed by atoms with E-state index >= 15 is 0 Å². The van der Waals surface area contributed by atoms with Crippen LogP contribution in [0.5, 0.6) is 0 Å². The minimum atomic E-state index is -0.575. The van der Waals surface area contributed by atoms with E-state index in [1.807, 2.05) is 36.4 Å². The van der Waals surface area contributed by atoms with Gasteiger partial charge in [-0.15, -0.1) is 11.3 Å². The number of halogens is 1. The van der Waals surface area contributed by atoms with Gasteiger partial charge in [0, 0.05) is 4.88 Å². The number of hydrogen-bond acceptors (Lipinski definition) is 4. The van der Waals surface area contributed by atoms with Crippen LogP contribution < -0.4 is 0 Å². The quantitative estimate of drug-likeness (QED) is 0.794. The number of para-hydroxylation sites is 2. The van der Waals surface area contributed by atoms with Crippen LogP contribution in [-0.4, -0.2) is 10.1 Å². The molecule has 0 amide bonds. The number of nitrogens with zero attached hydrogens (tertiary/aromatic N) is 1. The molecule has 0 bridgehead atoms. The van der Waals surface area contributed by atoms with Gasteiger partial charge in [0.2, 0.25) is 0 Å². The van der Waals surface area contributed by atoms with E-state index in [2.05, 4.69) is 20.9 Å². The average molecular weight is 324 g/mol. The highest BCUT2D eigenvalue weighted by Gasteiger charge is 2.15. The van der Waals surface area contributed by atoms with Crippen LogP contribution in [0.15, 0.2) is 44.6 Å². The van der Waals surface area contributed by atoms with Crippen LogP contribution >= 0.6 is 27.3 Å². The van der Waals surface area contributed by atoms with E-state index in [1.165, 1.54) is 11.3 Å². The van der Waals surface area contributed by atoms with Crippen molar-refractivity contribution in [2.75, 3.05) is 0 Å². The third-order valence-corrected chi connectivity index (χ3v) is 4.35. The summed E-state index contributed by atoms with van der Waals surface area (Å²) in [5.74, 6) is 0.563. The molecule has 3 nitrogen and oxygen atoms in total. The van der Waals surface area contributed by atoms with E-state index in [4.69, 9.17) is 4.42 Å². The molecule has 1 unspecified atom stereocenters. The number of aliphatic hydroxyl groups excluding tert-OH is 1. The van der Waals surface area contributed by atoms with Gasteiger partial charge in [0.1, 0.15) is 5.52 Å². The summed E-state index contributed by atoms with van der Waals surface area (Å²) in [7, 11) is 0. The topological polar surface area (TPSA) is 46.3 Å². The Kier molecular flexibility index (Phi) is 3.20. The Bertz CT molecular complexity index is 643. The number of oxazole rings is 1. The van der Waals surface area contributed by atoms with Gasteiger partial charge in [-0.1, -0.05) is 12.1 Å². The molecule has 0 saturated heterocycles. The van der Waals surface area contributed by atoms with Gasteiger partial charge in [-0.05, 0) is 40.2 Å². The normalized spacial score (nSPS) is 13.0. The minimum Gasteiger partial charge on any atom is -0.441 e. The van der Waals surface area contributed by atoms with Crippen molar-refractivity contribution in [1.29, 1.82) is 0 Å². The first kappa shape index (κ1) is 11.9. The van der Waals surface area contributed by atoms with Crippen molar-refractivity contribution >= 4 is 38.4 Å². The van der Waals surface area contributed by atoms with E-state index < -0.39 is 6.10 Å². The third-order valence-electron chi connectivity index (χ3n) is 2.63. The summed E-state index contributed by atoms with van der Waals surface area (Å²) in [5, 5.41) is 10.1. The summed E-state index contributed by atoms with van der Waals surface area (Å²) >= 11 is 4.90. The van der Waals surface area contributed by atoms with Gasteiger partial charge in [0.05, 0.1) is 16.3 Å². The van der Waals surface area contributed by atoms with Crippen LogP contribution in [0.1, 0.15) is 16.9 Å². The molecule has 0 aliphatic heterocycles. The van der Waals surface area contributed by atoms with Crippen LogP contribution in [0.25, 0.3) is 11.1 Å². The predicted molar refractivity (Wildman–Crippen MR) is 74.7 cm³/mol. The minimum absolute atomic E-state index is 0.391. The lowest BCUT2D eigenvalue weighted by Gasteiger charge is -2.04. The standard InChI is InChI=1S/C13H10BrNO2S/c14-12-6-5-11(18-12)9(16)7-13-15-8-3-1-2-4-10(8)17-13/h1-6,9,16H,7H2. The lowest BCUT2D eigenvalue weighted by molar-refractivity contribution is 0.173. The molecule has 2 aromatic heterocycles. The highest BCUT2D eigenvalue weighted by molar-refractivity contribution is 9.11. The zero-order valence-corrected chi connectivity index (χ0v) is 11.7. The maximum Gasteiger partial charge on any atom is 0.198 e. The van der Waals surface area contributed by atoms with E-state index in [0.29, 0.717) is 12.3 Å². The molecule has 2 heterocycles. The van der Waals surface area contributed by atoms with Crippen molar-refractivity contribution in [2.24, 2.45) is 0 Å². The van der Waals surface area contributed by atoms with E-state index in [1.54, 1.807) is 0 Å². The van der Waals surface area contributed by atoms with Crippen molar-refractivity contribution in [1.82, 2.24) is 4.98 Å². The van der Waals surface area contributed by atoms with Gasteiger partial charge in [0.15, 0.2) is 11.5 Å². The predicted octanol–water partition coefficient (Wildman–Crippen LogP) is 3.93. The van der Waals surface area contributed by atoms with Crippen LogP contribution in [0.3, 0.4) is 0 Å². The molecule has 0 aliphatic carbocycles. The van der Waals surface area contributed by atoms with Crippen molar-refractivity contribution < 1.29 is 9.52 Å². The van der Waals surface area contributed by atoms with Crippen LogP contribution in [0.2, 0.25) is 0 Å². The van der Waals surface area contributed by atoms with Crippen molar-refractivity contribution in [3.05, 3.63) is 51.0 Å². The number of aromatic nitrogens is 1. The fraction of sp³-hybridized carbons (Fsp3) is 0.154. The highest BCUT2D eigenvalue weighted by atomic mass is 79.9. The molecule has 1 aromatic carbocycles. The summed E-state index contributed by atoms with van der Waals surface area (Å²) in [6.45, 7) is 0. The molecular weight excluding hydrogens is 314 g/mol. The van der Waals surface area contributed by atoms with E-state index in [9.17, 15) is 5.11 Å². The summed E-state index contributed by atoms with van der Waals surface area (Å²) in [4.78, 5) is 5.26. The van der Waals surface area contributed by atoms with E-state index in [-0.39, 0.29) is 0 Å². The Morgan fingerprint density at radius 1 is 1.28 bits per heavy atom.